The first kappa shape index (κ1) is 61.9. The van der Waals surface area contributed by atoms with Gasteiger partial charge in [0, 0.05) is 0 Å². The van der Waals surface area contributed by atoms with Gasteiger partial charge >= 0.3 is 0 Å². The van der Waals surface area contributed by atoms with Crippen LogP contribution in [0.25, 0.3) is 0 Å². The molecule has 0 aromatic rings. The zero-order valence-corrected chi connectivity index (χ0v) is 42.0. The quantitative estimate of drug-likeness (QED) is 0.0215. The van der Waals surface area contributed by atoms with Gasteiger partial charge < -0.3 is 50.5 Å². The Morgan fingerprint density at radius 1 is 0.523 bits per heavy atom. The predicted molar refractivity (Wildman–Crippen MR) is 266 cm³/mol. The van der Waals surface area contributed by atoms with Crippen LogP contribution in [-0.2, 0) is 14.3 Å². The van der Waals surface area contributed by atoms with E-state index in [4.69, 9.17) is 9.47 Å². The normalized spacial score (nSPS) is 20.9. The van der Waals surface area contributed by atoms with Crippen LogP contribution in [0, 0.1) is 0 Å². The van der Waals surface area contributed by atoms with E-state index in [9.17, 15) is 40.5 Å². The highest BCUT2D eigenvalue weighted by Crippen LogP contribution is 2.23. The summed E-state index contributed by atoms with van der Waals surface area (Å²) in [6.07, 6.45) is 38.3. The Hall–Kier alpha value is -1.15. The van der Waals surface area contributed by atoms with Crippen LogP contribution in [-0.4, -0.2) is 110 Å². The molecule has 1 heterocycles. The molecule has 65 heavy (non-hydrogen) atoms. The van der Waals surface area contributed by atoms with E-state index in [1.165, 1.54) is 167 Å². The molecule has 1 amide bonds. The number of nitrogens with one attached hydrogen (secondary N) is 1. The van der Waals surface area contributed by atoms with Gasteiger partial charge in [-0.15, -0.1) is 0 Å². The summed E-state index contributed by atoms with van der Waals surface area (Å²) < 4.78 is 11.1. The molecule has 1 fully saturated rings. The van der Waals surface area contributed by atoms with Crippen LogP contribution in [0.3, 0.4) is 0 Å². The monoisotopic (exact) mass is 928 g/mol. The lowest BCUT2D eigenvalue weighted by atomic mass is 9.98. The minimum atomic E-state index is -1.66. The largest absolute Gasteiger partial charge is 0.394 e. The number of rotatable bonds is 47. The lowest BCUT2D eigenvalue weighted by Crippen LogP contribution is -2.60. The summed E-state index contributed by atoms with van der Waals surface area (Å²) in [7, 11) is 0. The van der Waals surface area contributed by atoms with Gasteiger partial charge in [-0.2, -0.15) is 0 Å². The molecule has 1 aliphatic rings. The number of allylic oxidation sites excluding steroid dienone is 2. The number of unbranched alkanes of at least 4 members (excludes halogenated alkanes) is 33. The van der Waals surface area contributed by atoms with E-state index >= 15 is 0 Å². The Labute approximate surface area is 398 Å². The van der Waals surface area contributed by atoms with Gasteiger partial charge in [0.25, 0.3) is 0 Å². The molecule has 0 bridgehead atoms. The summed E-state index contributed by atoms with van der Waals surface area (Å²) >= 11 is 0. The molecule has 0 spiro atoms. The topological polar surface area (TPSA) is 189 Å². The standard InChI is InChI=1S/C54H105NO10/c1-3-5-7-9-11-13-15-17-19-21-22-23-24-26-27-29-31-33-35-37-39-41-46(57)49(59)45(44-64-54-52(62)51(61)50(60)48(43-56)65-54)55-53(63)47(58)42-40-38-36-34-32-30-28-25-20-18-16-14-12-10-8-6-4-2/h28,30,45-52,54,56-62H,3-27,29,31-44H2,1-2H3,(H,55,63)/b30-28-. The van der Waals surface area contributed by atoms with Crippen molar-refractivity contribution in [1.29, 1.82) is 0 Å². The number of hydrogen-bond donors (Lipinski definition) is 8. The van der Waals surface area contributed by atoms with E-state index in [-0.39, 0.29) is 6.42 Å². The lowest BCUT2D eigenvalue weighted by molar-refractivity contribution is -0.303. The second-order valence-corrected chi connectivity index (χ2v) is 19.7. The second-order valence-electron chi connectivity index (χ2n) is 19.7. The predicted octanol–water partition coefficient (Wildman–Crippen LogP) is 10.8. The Morgan fingerprint density at radius 2 is 0.892 bits per heavy atom. The molecule has 9 atom stereocenters. The highest BCUT2D eigenvalue weighted by molar-refractivity contribution is 5.80. The molecule has 11 nitrogen and oxygen atoms in total. The molecule has 1 rings (SSSR count). The molecule has 0 saturated carbocycles. The van der Waals surface area contributed by atoms with E-state index in [2.05, 4.69) is 31.3 Å². The number of carbonyl (C=O) groups excluding carboxylic acids is 1. The highest BCUT2D eigenvalue weighted by Gasteiger charge is 2.44. The van der Waals surface area contributed by atoms with Crippen LogP contribution < -0.4 is 5.32 Å². The maximum atomic E-state index is 13.1. The summed E-state index contributed by atoms with van der Waals surface area (Å²) in [5.41, 5.74) is 0. The van der Waals surface area contributed by atoms with E-state index in [0.717, 1.165) is 51.4 Å². The highest BCUT2D eigenvalue weighted by atomic mass is 16.7. The number of aliphatic hydroxyl groups excluding tert-OH is 7. The van der Waals surface area contributed by atoms with Gasteiger partial charge in [-0.3, -0.25) is 4.79 Å². The fourth-order valence-electron chi connectivity index (χ4n) is 9.03. The maximum absolute atomic E-state index is 13.1. The summed E-state index contributed by atoms with van der Waals surface area (Å²) in [6, 6.07) is -1.17. The third-order valence-electron chi connectivity index (χ3n) is 13.6. The zero-order valence-electron chi connectivity index (χ0n) is 42.0. The number of amides is 1. The van der Waals surface area contributed by atoms with Gasteiger partial charge in [0.2, 0.25) is 5.91 Å². The SMILES string of the molecule is CCCCCCCCCCC/C=C\CCCCCCC(O)C(=O)NC(COC1OC(CO)C(O)C(O)C1O)C(O)C(O)CCCCCCCCCCCCCCCCCCCCCCC. The van der Waals surface area contributed by atoms with Crippen molar-refractivity contribution in [3.05, 3.63) is 12.2 Å². The van der Waals surface area contributed by atoms with Crippen LogP contribution in [0.1, 0.15) is 258 Å². The molecule has 8 N–H and O–H groups in total. The average molecular weight is 928 g/mol. The Kier molecular flexibility index (Phi) is 42.0. The summed E-state index contributed by atoms with van der Waals surface area (Å²) in [6.45, 7) is 3.47. The number of carbonyl (C=O) groups is 1. The van der Waals surface area contributed by atoms with E-state index < -0.39 is 74.2 Å². The summed E-state index contributed by atoms with van der Waals surface area (Å²) in [5.74, 6) is -0.702. The maximum Gasteiger partial charge on any atom is 0.249 e. The lowest BCUT2D eigenvalue weighted by Gasteiger charge is -2.40. The van der Waals surface area contributed by atoms with Crippen molar-refractivity contribution < 1.29 is 50.0 Å². The van der Waals surface area contributed by atoms with Crippen molar-refractivity contribution in [3.8, 4) is 0 Å². The number of hydrogen-bond acceptors (Lipinski definition) is 10. The number of ether oxygens (including phenoxy) is 2. The zero-order chi connectivity index (χ0) is 47.6. The Morgan fingerprint density at radius 3 is 1.29 bits per heavy atom. The van der Waals surface area contributed by atoms with Gasteiger partial charge in [-0.25, -0.2) is 0 Å². The average Bonchev–Trinajstić information content (AvgIpc) is 3.31. The van der Waals surface area contributed by atoms with E-state index in [1.807, 2.05) is 0 Å². The van der Waals surface area contributed by atoms with Gasteiger partial charge in [0.15, 0.2) is 6.29 Å². The van der Waals surface area contributed by atoms with Crippen molar-refractivity contribution in [2.24, 2.45) is 0 Å². The molecule has 9 unspecified atom stereocenters. The molecule has 1 saturated heterocycles. The summed E-state index contributed by atoms with van der Waals surface area (Å²) in [4.78, 5) is 13.1. The minimum absolute atomic E-state index is 0.249. The van der Waals surface area contributed by atoms with Gasteiger partial charge in [0.1, 0.15) is 36.6 Å². The Bertz CT molecular complexity index is 1060. The van der Waals surface area contributed by atoms with Crippen molar-refractivity contribution in [3.63, 3.8) is 0 Å². The molecule has 386 valence electrons. The fourth-order valence-corrected chi connectivity index (χ4v) is 9.03. The number of aliphatic hydroxyl groups is 7. The first-order chi connectivity index (χ1) is 31.7. The second kappa shape index (κ2) is 44.1. The third kappa shape index (κ3) is 33.1. The molecule has 0 aliphatic carbocycles. The van der Waals surface area contributed by atoms with E-state index in [0.29, 0.717) is 19.3 Å². The third-order valence-corrected chi connectivity index (χ3v) is 13.6. The van der Waals surface area contributed by atoms with Gasteiger partial charge in [-0.1, -0.05) is 231 Å². The first-order valence-electron chi connectivity index (χ1n) is 27.6. The van der Waals surface area contributed by atoms with Crippen molar-refractivity contribution in [2.45, 2.75) is 313 Å². The van der Waals surface area contributed by atoms with E-state index in [1.54, 1.807) is 0 Å². The first-order valence-corrected chi connectivity index (χ1v) is 27.6. The van der Waals surface area contributed by atoms with Crippen LogP contribution in [0.5, 0.6) is 0 Å². The Balaban J connectivity index is 2.35. The van der Waals surface area contributed by atoms with Crippen LogP contribution in [0.15, 0.2) is 12.2 Å². The summed E-state index contributed by atoms with van der Waals surface area (Å²) in [5, 5.41) is 76.0. The van der Waals surface area contributed by atoms with Crippen LogP contribution in [0.4, 0.5) is 0 Å². The van der Waals surface area contributed by atoms with Crippen molar-refractivity contribution >= 4 is 5.91 Å². The van der Waals surface area contributed by atoms with Gasteiger partial charge in [0.05, 0.1) is 25.4 Å². The van der Waals surface area contributed by atoms with Crippen LogP contribution in [0.2, 0.25) is 0 Å². The molecule has 0 aromatic heterocycles. The van der Waals surface area contributed by atoms with Crippen LogP contribution >= 0.6 is 0 Å². The fraction of sp³-hybridized carbons (Fsp3) is 0.944. The molecule has 0 aromatic carbocycles. The molecular weight excluding hydrogens is 823 g/mol. The molecule has 11 heteroatoms. The van der Waals surface area contributed by atoms with Crippen molar-refractivity contribution in [1.82, 2.24) is 5.32 Å². The molecule has 0 radical (unpaired) electrons. The smallest absolute Gasteiger partial charge is 0.249 e. The van der Waals surface area contributed by atoms with Gasteiger partial charge in [-0.05, 0) is 38.5 Å². The molecule has 1 aliphatic heterocycles. The minimum Gasteiger partial charge on any atom is -0.394 e. The molecular formula is C54H105NO10. The van der Waals surface area contributed by atoms with Crippen molar-refractivity contribution in [2.75, 3.05) is 13.2 Å².